The molecule has 0 bridgehead atoms. The molecule has 24 heavy (non-hydrogen) atoms. The van der Waals surface area contributed by atoms with Gasteiger partial charge in [0.15, 0.2) is 0 Å². The van der Waals surface area contributed by atoms with E-state index in [-0.39, 0.29) is 12.6 Å². The van der Waals surface area contributed by atoms with Crippen molar-refractivity contribution in [3.05, 3.63) is 0 Å². The molecule has 1 aliphatic heterocycles. The molecule has 142 valence electrons. The molecule has 1 aliphatic rings. The highest BCUT2D eigenvalue weighted by Crippen LogP contribution is 2.14. The van der Waals surface area contributed by atoms with Crippen molar-refractivity contribution in [2.75, 3.05) is 66.2 Å². The number of hydrogen-bond acceptors (Lipinski definition) is 4. The van der Waals surface area contributed by atoms with E-state index < -0.39 is 12.8 Å². The second-order valence-corrected chi connectivity index (χ2v) is 5.78. The maximum Gasteiger partial charge on any atom is 0.411 e. The highest BCUT2D eigenvalue weighted by molar-refractivity contribution is 5.74. The summed E-state index contributed by atoms with van der Waals surface area (Å²) in [7, 11) is 1.65. The Hall–Kier alpha value is -1.06. The minimum Gasteiger partial charge on any atom is -0.385 e. The monoisotopic (exact) mass is 355 g/mol. The minimum absolute atomic E-state index is 0.0550. The van der Waals surface area contributed by atoms with Gasteiger partial charge in [0.1, 0.15) is 6.61 Å². The Bertz CT molecular complexity index is 349. The Kier molecular flexibility index (Phi) is 10.0. The van der Waals surface area contributed by atoms with Crippen LogP contribution in [0.2, 0.25) is 0 Å². The molecule has 6 nitrogen and oxygen atoms in total. The van der Waals surface area contributed by atoms with Crippen LogP contribution in [0.25, 0.3) is 0 Å². The van der Waals surface area contributed by atoms with Gasteiger partial charge in [-0.2, -0.15) is 13.2 Å². The third-order valence-electron chi connectivity index (χ3n) is 3.74. The van der Waals surface area contributed by atoms with Crippen molar-refractivity contribution in [1.29, 1.82) is 0 Å². The summed E-state index contributed by atoms with van der Waals surface area (Å²) in [6.45, 7) is 3.66. The third-order valence-corrected chi connectivity index (χ3v) is 3.74. The van der Waals surface area contributed by atoms with Gasteiger partial charge in [-0.3, -0.25) is 4.90 Å². The van der Waals surface area contributed by atoms with Crippen molar-refractivity contribution in [3.63, 3.8) is 0 Å². The van der Waals surface area contributed by atoms with Crippen molar-refractivity contribution in [2.24, 2.45) is 0 Å². The average molecular weight is 355 g/mol. The standard InChI is InChI=1S/C15H28F3N3O3/c1-23-11-3-2-5-19-14(22)21-9-7-20(8-10-21)6-4-12-24-13-15(16,17)18/h2-13H2,1H3,(H,19,22). The zero-order valence-electron chi connectivity index (χ0n) is 14.2. The zero-order chi connectivity index (χ0) is 17.8. The summed E-state index contributed by atoms with van der Waals surface area (Å²) in [6.07, 6.45) is -1.90. The van der Waals surface area contributed by atoms with Crippen molar-refractivity contribution in [1.82, 2.24) is 15.1 Å². The summed E-state index contributed by atoms with van der Waals surface area (Å²) < 4.78 is 45.3. The van der Waals surface area contributed by atoms with Crippen LogP contribution in [0.1, 0.15) is 19.3 Å². The van der Waals surface area contributed by atoms with Crippen LogP contribution in [0.15, 0.2) is 0 Å². The second kappa shape index (κ2) is 11.5. The number of nitrogens with zero attached hydrogens (tertiary/aromatic N) is 2. The molecule has 0 aromatic heterocycles. The van der Waals surface area contributed by atoms with Gasteiger partial charge in [0.25, 0.3) is 0 Å². The summed E-state index contributed by atoms with van der Waals surface area (Å²) in [5.74, 6) is 0. The van der Waals surface area contributed by atoms with Crippen LogP contribution < -0.4 is 5.32 Å². The van der Waals surface area contributed by atoms with Gasteiger partial charge in [-0.15, -0.1) is 0 Å². The average Bonchev–Trinajstić information content (AvgIpc) is 2.53. The van der Waals surface area contributed by atoms with Gasteiger partial charge >= 0.3 is 12.2 Å². The Balaban J connectivity index is 2.03. The Morgan fingerprint density at radius 2 is 1.79 bits per heavy atom. The van der Waals surface area contributed by atoms with E-state index in [0.717, 1.165) is 25.9 Å². The maximum absolute atomic E-state index is 12.0. The molecular weight excluding hydrogens is 327 g/mol. The van der Waals surface area contributed by atoms with E-state index in [1.54, 1.807) is 12.0 Å². The number of halogens is 3. The Morgan fingerprint density at radius 3 is 2.42 bits per heavy atom. The first-order valence-corrected chi connectivity index (χ1v) is 8.31. The molecule has 0 saturated carbocycles. The van der Waals surface area contributed by atoms with Crippen molar-refractivity contribution < 1.29 is 27.4 Å². The number of carbonyl (C=O) groups excluding carboxylic acids is 1. The smallest absolute Gasteiger partial charge is 0.385 e. The minimum atomic E-state index is -4.26. The number of amides is 2. The van der Waals surface area contributed by atoms with Gasteiger partial charge in [0.05, 0.1) is 0 Å². The van der Waals surface area contributed by atoms with Crippen molar-refractivity contribution in [2.45, 2.75) is 25.4 Å². The first kappa shape index (κ1) is 21.0. The van der Waals surface area contributed by atoms with Gasteiger partial charge in [-0.25, -0.2) is 4.79 Å². The fourth-order valence-corrected chi connectivity index (χ4v) is 2.43. The van der Waals surface area contributed by atoms with E-state index in [2.05, 4.69) is 15.0 Å². The molecule has 1 N–H and O–H groups in total. The third kappa shape index (κ3) is 9.94. The number of methoxy groups -OCH3 is 1. The topological polar surface area (TPSA) is 54.0 Å². The highest BCUT2D eigenvalue weighted by atomic mass is 19.4. The zero-order valence-corrected chi connectivity index (χ0v) is 14.2. The first-order chi connectivity index (χ1) is 11.4. The number of piperazine rings is 1. The lowest BCUT2D eigenvalue weighted by Crippen LogP contribution is -2.52. The number of hydrogen-bond donors (Lipinski definition) is 1. The second-order valence-electron chi connectivity index (χ2n) is 5.78. The fourth-order valence-electron chi connectivity index (χ4n) is 2.43. The predicted octanol–water partition coefficient (Wildman–Crippen LogP) is 1.71. The van der Waals surface area contributed by atoms with E-state index in [0.29, 0.717) is 39.2 Å². The summed E-state index contributed by atoms with van der Waals surface area (Å²) in [5, 5.41) is 2.89. The SMILES string of the molecule is COCCCCNC(=O)N1CCN(CCCOCC(F)(F)F)CC1. The number of rotatable bonds is 10. The van der Waals surface area contributed by atoms with Crippen molar-refractivity contribution >= 4 is 6.03 Å². The normalized spacial score (nSPS) is 16.4. The molecule has 0 radical (unpaired) electrons. The molecular formula is C15H28F3N3O3. The van der Waals surface area contributed by atoms with Crippen LogP contribution in [-0.2, 0) is 9.47 Å². The molecule has 2 amide bonds. The van der Waals surface area contributed by atoms with Crippen LogP contribution >= 0.6 is 0 Å². The lowest BCUT2D eigenvalue weighted by atomic mass is 10.3. The quantitative estimate of drug-likeness (QED) is 0.606. The number of urea groups is 1. The first-order valence-electron chi connectivity index (χ1n) is 8.31. The molecule has 1 rings (SSSR count). The predicted molar refractivity (Wildman–Crippen MR) is 84.0 cm³/mol. The van der Waals surface area contributed by atoms with Crippen LogP contribution in [0.3, 0.4) is 0 Å². The largest absolute Gasteiger partial charge is 0.411 e. The van der Waals surface area contributed by atoms with Gasteiger partial charge in [-0.05, 0) is 19.3 Å². The van der Waals surface area contributed by atoms with Crippen LogP contribution in [0.4, 0.5) is 18.0 Å². The van der Waals surface area contributed by atoms with E-state index in [4.69, 9.17) is 4.74 Å². The van der Waals surface area contributed by atoms with Crippen LogP contribution in [0.5, 0.6) is 0 Å². The van der Waals surface area contributed by atoms with E-state index in [1.165, 1.54) is 0 Å². The number of unbranched alkanes of at least 4 members (excludes halogenated alkanes) is 1. The number of carbonyl (C=O) groups is 1. The summed E-state index contributed by atoms with van der Waals surface area (Å²) in [6, 6.07) is -0.0550. The number of ether oxygens (including phenoxy) is 2. The van der Waals surface area contributed by atoms with E-state index in [1.807, 2.05) is 0 Å². The molecule has 0 aromatic carbocycles. The summed E-state index contributed by atoms with van der Waals surface area (Å²) in [4.78, 5) is 15.9. The molecule has 0 aromatic rings. The Morgan fingerprint density at radius 1 is 1.08 bits per heavy atom. The lowest BCUT2D eigenvalue weighted by Gasteiger charge is -2.34. The fraction of sp³-hybridized carbons (Fsp3) is 0.933. The number of alkyl halides is 3. The molecule has 1 heterocycles. The summed E-state index contributed by atoms with van der Waals surface area (Å²) in [5.41, 5.74) is 0. The molecule has 0 atom stereocenters. The molecule has 0 spiro atoms. The van der Waals surface area contributed by atoms with Crippen molar-refractivity contribution in [3.8, 4) is 0 Å². The van der Waals surface area contributed by atoms with Gasteiger partial charge in [0, 0.05) is 59.6 Å². The van der Waals surface area contributed by atoms with Crippen LogP contribution in [0, 0.1) is 0 Å². The molecule has 1 fully saturated rings. The molecule has 0 unspecified atom stereocenters. The molecule has 0 aliphatic carbocycles. The summed E-state index contributed by atoms with van der Waals surface area (Å²) >= 11 is 0. The van der Waals surface area contributed by atoms with Gasteiger partial charge < -0.3 is 19.7 Å². The van der Waals surface area contributed by atoms with Crippen LogP contribution in [-0.4, -0.2) is 88.2 Å². The number of nitrogens with one attached hydrogen (secondary N) is 1. The molecule has 1 saturated heterocycles. The Labute approximate surface area is 141 Å². The van der Waals surface area contributed by atoms with E-state index in [9.17, 15) is 18.0 Å². The van der Waals surface area contributed by atoms with Gasteiger partial charge in [-0.1, -0.05) is 0 Å². The highest BCUT2D eigenvalue weighted by Gasteiger charge is 2.27. The van der Waals surface area contributed by atoms with E-state index >= 15 is 0 Å². The van der Waals surface area contributed by atoms with Gasteiger partial charge in [0.2, 0.25) is 0 Å². The molecule has 9 heteroatoms. The lowest BCUT2D eigenvalue weighted by molar-refractivity contribution is -0.174. The maximum atomic E-state index is 12.0.